The molecule has 0 saturated carbocycles. The molecule has 1 aliphatic heterocycles. The fraction of sp³-hybridized carbons (Fsp3) is 0.556. The van der Waals surface area contributed by atoms with Crippen LogP contribution in [0.4, 0.5) is 0 Å². The maximum absolute atomic E-state index is 12.7. The Kier molecular flexibility index (Phi) is 6.34. The van der Waals surface area contributed by atoms with Crippen LogP contribution in [0.3, 0.4) is 0 Å². The Balaban J connectivity index is 2.17. The van der Waals surface area contributed by atoms with Crippen molar-refractivity contribution in [2.45, 2.75) is 63.1 Å². The number of likely N-dealkylation sites (tertiary alicyclic amines) is 1. The third kappa shape index (κ3) is 4.57. The number of sulfone groups is 1. The fourth-order valence-corrected chi connectivity index (χ4v) is 4.07. The van der Waals surface area contributed by atoms with Crippen molar-refractivity contribution in [1.29, 1.82) is 0 Å². The van der Waals surface area contributed by atoms with Gasteiger partial charge in [0.05, 0.1) is 15.5 Å². The normalized spacial score (nSPS) is 22.0. The van der Waals surface area contributed by atoms with E-state index >= 15 is 0 Å². The average Bonchev–Trinajstić information content (AvgIpc) is 2.53. The smallest absolute Gasteiger partial charge is 0.340 e. The van der Waals surface area contributed by atoms with Gasteiger partial charge in [0.1, 0.15) is 0 Å². The zero-order chi connectivity index (χ0) is 19.6. The molecule has 6 nitrogen and oxygen atoms in total. The Labute approximate surface area is 159 Å². The first-order valence-corrected chi connectivity index (χ1v) is 10.8. The van der Waals surface area contributed by atoms with Gasteiger partial charge in [0.2, 0.25) is 0 Å². The molecule has 0 radical (unpaired) electrons. The van der Waals surface area contributed by atoms with Crippen molar-refractivity contribution >= 4 is 33.3 Å². The van der Waals surface area contributed by atoms with E-state index in [1.165, 1.54) is 25.1 Å². The molecular weight excluding hydrogens is 378 g/mol. The topological polar surface area (TPSA) is 80.8 Å². The third-order valence-corrected chi connectivity index (χ3v) is 6.11. The quantitative estimate of drug-likeness (QED) is 0.724. The Morgan fingerprint density at radius 1 is 1.23 bits per heavy atom. The van der Waals surface area contributed by atoms with Gasteiger partial charge < -0.3 is 9.64 Å². The van der Waals surface area contributed by atoms with Gasteiger partial charge >= 0.3 is 5.97 Å². The molecule has 1 aromatic rings. The van der Waals surface area contributed by atoms with Crippen LogP contribution in [0.2, 0.25) is 5.02 Å². The Morgan fingerprint density at radius 2 is 1.81 bits per heavy atom. The highest BCUT2D eigenvalue weighted by Gasteiger charge is 2.33. The Bertz CT molecular complexity index is 798. The summed E-state index contributed by atoms with van der Waals surface area (Å²) in [6, 6.07) is 3.99. The van der Waals surface area contributed by atoms with Crippen LogP contribution in [-0.4, -0.2) is 49.6 Å². The Morgan fingerprint density at radius 3 is 2.35 bits per heavy atom. The molecule has 8 heteroatoms. The number of benzene rings is 1. The molecule has 0 bridgehead atoms. The summed E-state index contributed by atoms with van der Waals surface area (Å²) in [7, 11) is -3.49. The zero-order valence-corrected chi connectivity index (χ0v) is 16.9. The van der Waals surface area contributed by atoms with Crippen LogP contribution in [-0.2, 0) is 19.4 Å². The standard InChI is InChI=1S/C18H24ClNO5S/c1-11-6-5-7-12(2)20(11)17(21)13(3)25-18(22)15-10-14(26(4,23)24)8-9-16(15)19/h8-13H,5-7H2,1-4H3/t11-,12-,13+/m0/s1. The molecule has 2 rings (SSSR count). The van der Waals surface area contributed by atoms with Gasteiger partial charge in [-0.1, -0.05) is 11.6 Å². The molecule has 1 aromatic carbocycles. The molecule has 0 N–H and O–H groups in total. The molecule has 1 heterocycles. The van der Waals surface area contributed by atoms with Crippen molar-refractivity contribution in [3.05, 3.63) is 28.8 Å². The summed E-state index contributed by atoms with van der Waals surface area (Å²) in [5, 5.41) is 0.0711. The maximum Gasteiger partial charge on any atom is 0.340 e. The molecule has 0 aromatic heterocycles. The van der Waals surface area contributed by atoms with Gasteiger partial charge in [-0.3, -0.25) is 4.79 Å². The number of halogens is 1. The first-order chi connectivity index (χ1) is 12.0. The molecule has 144 valence electrons. The SMILES string of the molecule is C[C@@H](OC(=O)c1cc(S(C)(=O)=O)ccc1Cl)C(=O)N1[C@@H](C)CCC[C@@H]1C. The first kappa shape index (κ1) is 20.7. The molecule has 26 heavy (non-hydrogen) atoms. The van der Waals surface area contributed by atoms with Crippen molar-refractivity contribution < 1.29 is 22.7 Å². The van der Waals surface area contributed by atoms with Crippen LogP contribution >= 0.6 is 11.6 Å². The molecule has 0 spiro atoms. The van der Waals surface area contributed by atoms with Gasteiger partial charge in [0.25, 0.3) is 5.91 Å². The molecule has 0 aliphatic carbocycles. The molecule has 1 amide bonds. The van der Waals surface area contributed by atoms with Gasteiger partial charge in [-0.25, -0.2) is 13.2 Å². The van der Waals surface area contributed by atoms with Crippen molar-refractivity contribution in [2.75, 3.05) is 6.26 Å². The van der Waals surface area contributed by atoms with E-state index in [9.17, 15) is 18.0 Å². The summed E-state index contributed by atoms with van der Waals surface area (Å²) in [4.78, 5) is 26.9. The fourth-order valence-electron chi connectivity index (χ4n) is 3.23. The molecule has 0 unspecified atom stereocenters. The minimum atomic E-state index is -3.49. The molecule has 3 atom stereocenters. The summed E-state index contributed by atoms with van der Waals surface area (Å²) in [6.45, 7) is 5.48. The minimum Gasteiger partial charge on any atom is -0.449 e. The summed E-state index contributed by atoms with van der Waals surface area (Å²) in [5.74, 6) is -1.08. The van der Waals surface area contributed by atoms with Gasteiger partial charge in [-0.05, 0) is 58.2 Å². The predicted octanol–water partition coefficient (Wildman–Crippen LogP) is 3.08. The van der Waals surface area contributed by atoms with E-state index in [0.717, 1.165) is 25.5 Å². The van der Waals surface area contributed by atoms with Gasteiger partial charge in [0.15, 0.2) is 15.9 Å². The first-order valence-electron chi connectivity index (χ1n) is 8.55. The van der Waals surface area contributed by atoms with Crippen molar-refractivity contribution in [2.24, 2.45) is 0 Å². The number of amides is 1. The molecule has 1 saturated heterocycles. The number of piperidine rings is 1. The number of carbonyl (C=O) groups is 2. The second-order valence-electron chi connectivity index (χ2n) is 6.84. The van der Waals surface area contributed by atoms with Crippen LogP contribution in [0.5, 0.6) is 0 Å². The van der Waals surface area contributed by atoms with Gasteiger partial charge in [-0.15, -0.1) is 0 Å². The van der Waals surface area contributed by atoms with E-state index in [-0.39, 0.29) is 33.5 Å². The second kappa shape index (κ2) is 7.96. The number of rotatable bonds is 4. The lowest BCUT2D eigenvalue weighted by atomic mass is 9.97. The lowest BCUT2D eigenvalue weighted by molar-refractivity contribution is -0.146. The van der Waals surface area contributed by atoms with Crippen LogP contribution < -0.4 is 0 Å². The maximum atomic E-state index is 12.7. The van der Waals surface area contributed by atoms with Crippen molar-refractivity contribution in [3.63, 3.8) is 0 Å². The number of nitrogens with zero attached hydrogens (tertiary/aromatic N) is 1. The molecule has 1 fully saturated rings. The van der Waals surface area contributed by atoms with E-state index in [4.69, 9.17) is 16.3 Å². The monoisotopic (exact) mass is 401 g/mol. The number of esters is 1. The van der Waals surface area contributed by atoms with Gasteiger partial charge in [0, 0.05) is 18.3 Å². The zero-order valence-electron chi connectivity index (χ0n) is 15.4. The lowest BCUT2D eigenvalue weighted by Crippen LogP contribution is -2.51. The van der Waals surface area contributed by atoms with Crippen molar-refractivity contribution in [1.82, 2.24) is 4.90 Å². The number of ether oxygens (including phenoxy) is 1. The Hall–Kier alpha value is -1.60. The van der Waals surface area contributed by atoms with E-state index in [0.29, 0.717) is 0 Å². The highest BCUT2D eigenvalue weighted by Crippen LogP contribution is 2.25. The van der Waals surface area contributed by atoms with E-state index in [1.54, 1.807) is 4.90 Å². The third-order valence-electron chi connectivity index (χ3n) is 4.67. The number of carbonyl (C=O) groups excluding carboxylic acids is 2. The minimum absolute atomic E-state index is 0.0360. The molecule has 1 aliphatic rings. The van der Waals surface area contributed by atoms with E-state index in [2.05, 4.69) is 0 Å². The second-order valence-corrected chi connectivity index (χ2v) is 9.26. The summed E-state index contributed by atoms with van der Waals surface area (Å²) in [6.07, 6.45) is 2.95. The predicted molar refractivity (Wildman–Crippen MR) is 99.1 cm³/mol. The van der Waals surface area contributed by atoms with Gasteiger partial charge in [-0.2, -0.15) is 0 Å². The average molecular weight is 402 g/mol. The highest BCUT2D eigenvalue weighted by molar-refractivity contribution is 7.90. The highest BCUT2D eigenvalue weighted by atomic mass is 35.5. The van der Waals surface area contributed by atoms with Crippen LogP contribution in [0.25, 0.3) is 0 Å². The summed E-state index contributed by atoms with van der Waals surface area (Å²) < 4.78 is 28.6. The van der Waals surface area contributed by atoms with E-state index in [1.807, 2.05) is 13.8 Å². The van der Waals surface area contributed by atoms with Crippen LogP contribution in [0.1, 0.15) is 50.4 Å². The summed E-state index contributed by atoms with van der Waals surface area (Å²) in [5.41, 5.74) is -0.0750. The van der Waals surface area contributed by atoms with Crippen LogP contribution in [0.15, 0.2) is 23.1 Å². The largest absolute Gasteiger partial charge is 0.449 e. The number of hydrogen-bond donors (Lipinski definition) is 0. The summed E-state index contributed by atoms with van der Waals surface area (Å²) >= 11 is 6.01. The van der Waals surface area contributed by atoms with Crippen molar-refractivity contribution in [3.8, 4) is 0 Å². The van der Waals surface area contributed by atoms with E-state index < -0.39 is 21.9 Å². The van der Waals surface area contributed by atoms with Crippen LogP contribution in [0, 0.1) is 0 Å². The number of hydrogen-bond acceptors (Lipinski definition) is 5. The molecular formula is C18H24ClNO5S. The lowest BCUT2D eigenvalue weighted by Gasteiger charge is -2.40.